The van der Waals surface area contributed by atoms with Crippen LogP contribution in [0.5, 0.6) is 0 Å². The summed E-state index contributed by atoms with van der Waals surface area (Å²) in [5.41, 5.74) is 2.81. The molecule has 2 nitrogen and oxygen atoms in total. The molecule has 4 aliphatic carbocycles. The number of esters is 1. The number of fused-ring (bicyclic) bond motifs is 5. The molecular weight excluding hydrogens is 344 g/mol. The minimum absolute atomic E-state index is 0.0462. The topological polar surface area (TPSA) is 26.3 Å². The Morgan fingerprint density at radius 1 is 1.21 bits per heavy atom. The fourth-order valence-corrected chi connectivity index (χ4v) is 8.36. The van der Waals surface area contributed by atoms with Crippen molar-refractivity contribution in [1.82, 2.24) is 0 Å². The van der Waals surface area contributed by atoms with Crippen LogP contribution < -0.4 is 0 Å². The molecule has 8 atom stereocenters. The molecule has 3 saturated carbocycles. The largest absolute Gasteiger partial charge is 0.469 e. The van der Waals surface area contributed by atoms with E-state index >= 15 is 0 Å². The van der Waals surface area contributed by atoms with Gasteiger partial charge in [0.1, 0.15) is 0 Å². The lowest BCUT2D eigenvalue weighted by molar-refractivity contribution is -0.141. The predicted octanol–water partition coefficient (Wildman–Crippen LogP) is 6.79. The van der Waals surface area contributed by atoms with Gasteiger partial charge in [-0.3, -0.25) is 4.79 Å². The molecule has 3 fully saturated rings. The number of carbonyl (C=O) groups is 1. The Labute approximate surface area is 172 Å². The monoisotopic (exact) mass is 386 g/mol. The maximum atomic E-state index is 11.6. The van der Waals surface area contributed by atoms with Gasteiger partial charge in [0.15, 0.2) is 0 Å². The van der Waals surface area contributed by atoms with Crippen LogP contribution in [0, 0.1) is 46.3 Å². The van der Waals surface area contributed by atoms with E-state index in [1.807, 2.05) is 5.57 Å². The van der Waals surface area contributed by atoms with Crippen LogP contribution in [-0.2, 0) is 9.53 Å². The summed E-state index contributed by atoms with van der Waals surface area (Å²) in [5, 5.41) is 0. The van der Waals surface area contributed by atoms with Gasteiger partial charge >= 0.3 is 5.97 Å². The smallest absolute Gasteiger partial charge is 0.305 e. The highest BCUT2D eigenvalue weighted by Gasteiger charge is 2.57. The Hall–Kier alpha value is -0.790. The van der Waals surface area contributed by atoms with Gasteiger partial charge in [-0.05, 0) is 104 Å². The fourth-order valence-electron chi connectivity index (χ4n) is 8.36. The van der Waals surface area contributed by atoms with Crippen LogP contribution in [0.15, 0.2) is 11.6 Å². The molecule has 158 valence electrons. The summed E-state index contributed by atoms with van der Waals surface area (Å²) in [4.78, 5) is 11.6. The number of hydrogen-bond acceptors (Lipinski definition) is 2. The van der Waals surface area contributed by atoms with Gasteiger partial charge in [-0.2, -0.15) is 0 Å². The van der Waals surface area contributed by atoms with Crippen molar-refractivity contribution in [1.29, 1.82) is 0 Å². The van der Waals surface area contributed by atoms with E-state index in [4.69, 9.17) is 4.74 Å². The van der Waals surface area contributed by atoms with Crippen molar-refractivity contribution in [2.75, 3.05) is 7.11 Å². The van der Waals surface area contributed by atoms with Crippen LogP contribution in [0.4, 0.5) is 0 Å². The van der Waals surface area contributed by atoms with Gasteiger partial charge in [-0.25, -0.2) is 0 Å². The second-order valence-corrected chi connectivity index (χ2v) is 11.4. The Morgan fingerprint density at radius 2 is 2.00 bits per heavy atom. The van der Waals surface area contributed by atoms with E-state index in [-0.39, 0.29) is 5.97 Å². The van der Waals surface area contributed by atoms with Crippen molar-refractivity contribution in [2.45, 2.75) is 91.9 Å². The van der Waals surface area contributed by atoms with Crippen LogP contribution in [0.2, 0.25) is 0 Å². The summed E-state index contributed by atoms with van der Waals surface area (Å²) in [6.07, 6.45) is 15.5. The highest BCUT2D eigenvalue weighted by atomic mass is 16.5. The molecule has 0 heterocycles. The molecule has 0 spiro atoms. The van der Waals surface area contributed by atoms with Crippen LogP contribution in [0.1, 0.15) is 91.9 Å². The van der Waals surface area contributed by atoms with E-state index in [1.54, 1.807) is 0 Å². The second kappa shape index (κ2) is 7.47. The number of rotatable bonds is 4. The zero-order valence-electron chi connectivity index (χ0n) is 18.9. The molecule has 0 bridgehead atoms. The Bertz CT molecular complexity index is 636. The lowest BCUT2D eigenvalue weighted by Crippen LogP contribution is -2.48. The van der Waals surface area contributed by atoms with E-state index in [9.17, 15) is 4.79 Å². The Kier molecular flexibility index (Phi) is 5.47. The zero-order valence-corrected chi connectivity index (χ0v) is 18.9. The third-order valence-electron chi connectivity index (χ3n) is 10.1. The van der Waals surface area contributed by atoms with Gasteiger partial charge in [0.25, 0.3) is 0 Å². The maximum absolute atomic E-state index is 11.6. The molecule has 28 heavy (non-hydrogen) atoms. The van der Waals surface area contributed by atoms with Gasteiger partial charge < -0.3 is 4.74 Å². The van der Waals surface area contributed by atoms with Crippen molar-refractivity contribution >= 4 is 5.97 Å². The lowest BCUT2D eigenvalue weighted by atomic mass is 9.48. The second-order valence-electron chi connectivity index (χ2n) is 11.4. The Morgan fingerprint density at radius 3 is 2.75 bits per heavy atom. The third kappa shape index (κ3) is 3.18. The molecule has 0 N–H and O–H groups in total. The van der Waals surface area contributed by atoms with Crippen LogP contribution in [0.25, 0.3) is 0 Å². The summed E-state index contributed by atoms with van der Waals surface area (Å²) in [7, 11) is 1.51. The molecule has 3 unspecified atom stereocenters. The van der Waals surface area contributed by atoms with Crippen molar-refractivity contribution in [3.63, 3.8) is 0 Å². The van der Waals surface area contributed by atoms with Crippen molar-refractivity contribution in [2.24, 2.45) is 46.3 Å². The van der Waals surface area contributed by atoms with Gasteiger partial charge in [0, 0.05) is 6.42 Å². The van der Waals surface area contributed by atoms with Gasteiger partial charge in [0.2, 0.25) is 0 Å². The van der Waals surface area contributed by atoms with Crippen LogP contribution in [0.3, 0.4) is 0 Å². The number of methoxy groups -OCH3 is 1. The van der Waals surface area contributed by atoms with Crippen molar-refractivity contribution in [3.8, 4) is 0 Å². The molecule has 4 rings (SSSR count). The number of carbonyl (C=O) groups excluding carboxylic acids is 1. The average molecular weight is 387 g/mol. The molecule has 2 heteroatoms. The van der Waals surface area contributed by atoms with Gasteiger partial charge in [-0.15, -0.1) is 0 Å². The number of hydrogen-bond donors (Lipinski definition) is 0. The molecule has 4 aliphatic rings. The highest BCUT2D eigenvalue weighted by Crippen LogP contribution is 2.66. The first kappa shape index (κ1) is 20.5. The fraction of sp³-hybridized carbons (Fsp3) is 0.885. The standard InChI is InChI=1S/C26H42O2/c1-17-12-14-25(3)19(16-17)7-8-20-22-10-9-21(18(2)6-11-24(27)28-5)26(22,4)15-13-23(20)25/h13,17-22H,6-12,14-16H2,1-5H3/t17-,18+,19-,20?,21?,22?,25-,26+/m0/s1. The zero-order chi connectivity index (χ0) is 20.1. The first-order valence-electron chi connectivity index (χ1n) is 12.1. The minimum atomic E-state index is -0.0462. The Balaban J connectivity index is 1.53. The molecule has 0 amide bonds. The van der Waals surface area contributed by atoms with E-state index in [1.165, 1.54) is 58.5 Å². The molecule has 0 aromatic heterocycles. The molecule has 0 aliphatic heterocycles. The van der Waals surface area contributed by atoms with Crippen LogP contribution in [-0.4, -0.2) is 13.1 Å². The predicted molar refractivity (Wildman–Crippen MR) is 115 cm³/mol. The highest BCUT2D eigenvalue weighted by molar-refractivity contribution is 5.69. The summed E-state index contributed by atoms with van der Waals surface area (Å²) in [6.45, 7) is 10.1. The van der Waals surface area contributed by atoms with Gasteiger partial charge in [-0.1, -0.05) is 39.3 Å². The van der Waals surface area contributed by atoms with Crippen molar-refractivity contribution in [3.05, 3.63) is 11.6 Å². The molecular formula is C26H42O2. The molecule has 0 aromatic carbocycles. The summed E-state index contributed by atoms with van der Waals surface area (Å²) >= 11 is 0. The number of allylic oxidation sites excluding steroid dienone is 2. The van der Waals surface area contributed by atoms with E-state index in [0.29, 0.717) is 23.2 Å². The third-order valence-corrected chi connectivity index (χ3v) is 10.1. The molecule has 0 radical (unpaired) electrons. The van der Waals surface area contributed by atoms with Crippen LogP contribution >= 0.6 is 0 Å². The normalized spacial score (nSPS) is 46.0. The first-order valence-corrected chi connectivity index (χ1v) is 12.1. The van der Waals surface area contributed by atoms with Crippen molar-refractivity contribution < 1.29 is 9.53 Å². The molecule has 0 aromatic rings. The summed E-state index contributed by atoms with van der Waals surface area (Å²) in [6, 6.07) is 0. The minimum Gasteiger partial charge on any atom is -0.469 e. The van der Waals surface area contributed by atoms with E-state index in [2.05, 4.69) is 33.8 Å². The maximum Gasteiger partial charge on any atom is 0.305 e. The number of ether oxygens (including phenoxy) is 1. The first-order chi connectivity index (χ1) is 13.3. The molecule has 0 saturated heterocycles. The average Bonchev–Trinajstić information content (AvgIpc) is 3.03. The van der Waals surface area contributed by atoms with E-state index in [0.717, 1.165) is 36.0 Å². The summed E-state index contributed by atoms with van der Waals surface area (Å²) < 4.78 is 4.89. The lowest BCUT2D eigenvalue weighted by Gasteiger charge is -2.57. The van der Waals surface area contributed by atoms with E-state index < -0.39 is 0 Å². The summed E-state index contributed by atoms with van der Waals surface area (Å²) in [5.74, 6) is 4.90. The SMILES string of the molecule is COC(=O)CC[C@@H](C)C1CCC2C3CC[C@H]4C[C@@H](C)CC[C@]4(C)C3=CC[C@@]21C. The van der Waals surface area contributed by atoms with Gasteiger partial charge in [0.05, 0.1) is 7.11 Å². The quantitative estimate of drug-likeness (QED) is 0.393.